The first-order chi connectivity index (χ1) is 13.8. The van der Waals surface area contributed by atoms with Crippen molar-refractivity contribution in [3.63, 3.8) is 0 Å². The van der Waals surface area contributed by atoms with Gasteiger partial charge < -0.3 is 9.47 Å². The lowest BCUT2D eigenvalue weighted by atomic mass is 9.76. The standard InChI is InChI=1S/C11H20O.C8H12O2.3C2H6/c1-2-9-5-6-10-4-3-7-12-11(10)8-9;9-8-7-4-2-1-3-6(7)5-10-8;3*1-2/h9-11H,2-8H2,1H3;6-7H,1-5H2;3*1-2H3. The second kappa shape index (κ2) is 17.3. The number of hydrogen-bond acceptors (Lipinski definition) is 3. The average Bonchev–Trinajstić information content (AvgIpc) is 3.19. The van der Waals surface area contributed by atoms with Gasteiger partial charge in [0.15, 0.2) is 0 Å². The van der Waals surface area contributed by atoms with Crippen molar-refractivity contribution in [1.82, 2.24) is 0 Å². The van der Waals surface area contributed by atoms with Crippen LogP contribution in [0.5, 0.6) is 0 Å². The van der Waals surface area contributed by atoms with Crippen LogP contribution in [-0.4, -0.2) is 25.3 Å². The van der Waals surface area contributed by atoms with Gasteiger partial charge in [-0.2, -0.15) is 0 Å². The molecule has 0 aromatic rings. The Morgan fingerprint density at radius 2 is 1.46 bits per heavy atom. The highest BCUT2D eigenvalue weighted by atomic mass is 16.5. The van der Waals surface area contributed by atoms with Gasteiger partial charge in [-0.05, 0) is 50.4 Å². The summed E-state index contributed by atoms with van der Waals surface area (Å²) in [6.07, 6.45) is 13.8. The monoisotopic (exact) mass is 398 g/mol. The van der Waals surface area contributed by atoms with Gasteiger partial charge in [-0.15, -0.1) is 0 Å². The molecule has 0 amide bonds. The highest BCUT2D eigenvalue weighted by Crippen LogP contribution is 2.37. The molecular weight excluding hydrogens is 348 g/mol. The molecule has 5 unspecified atom stereocenters. The zero-order chi connectivity index (χ0) is 21.4. The Balaban J connectivity index is 0.000000416. The van der Waals surface area contributed by atoms with Crippen molar-refractivity contribution in [3.8, 4) is 0 Å². The van der Waals surface area contributed by atoms with Gasteiger partial charge in [0, 0.05) is 12.5 Å². The van der Waals surface area contributed by atoms with E-state index in [4.69, 9.17) is 9.47 Å². The Morgan fingerprint density at radius 1 is 0.821 bits per heavy atom. The third-order valence-corrected chi connectivity index (χ3v) is 6.32. The van der Waals surface area contributed by atoms with Crippen molar-refractivity contribution in [2.24, 2.45) is 23.7 Å². The molecule has 4 rings (SSSR count). The molecule has 0 aromatic carbocycles. The smallest absolute Gasteiger partial charge is 0.309 e. The lowest BCUT2D eigenvalue weighted by Crippen LogP contribution is -2.35. The number of fused-ring (bicyclic) bond motifs is 2. The molecule has 3 nitrogen and oxygen atoms in total. The molecule has 0 bridgehead atoms. The van der Waals surface area contributed by atoms with Crippen LogP contribution in [0.2, 0.25) is 0 Å². The summed E-state index contributed by atoms with van der Waals surface area (Å²) in [4.78, 5) is 11.0. The molecule has 168 valence electrons. The minimum atomic E-state index is 0.0599. The lowest BCUT2D eigenvalue weighted by Gasteiger charge is -2.38. The third kappa shape index (κ3) is 8.84. The first-order valence-corrected chi connectivity index (χ1v) is 12.6. The van der Waals surface area contributed by atoms with Crippen LogP contribution in [0.15, 0.2) is 0 Å². The molecule has 4 fully saturated rings. The highest BCUT2D eigenvalue weighted by molar-refractivity contribution is 5.74. The van der Waals surface area contributed by atoms with Crippen LogP contribution in [0.1, 0.15) is 113 Å². The molecule has 2 aliphatic carbocycles. The quantitative estimate of drug-likeness (QED) is 0.431. The van der Waals surface area contributed by atoms with E-state index in [9.17, 15) is 4.79 Å². The number of hydrogen-bond donors (Lipinski definition) is 0. The van der Waals surface area contributed by atoms with Crippen LogP contribution in [-0.2, 0) is 14.3 Å². The Bertz CT molecular complexity index is 369. The molecule has 0 aromatic heterocycles. The number of esters is 1. The van der Waals surface area contributed by atoms with Gasteiger partial charge in [0.05, 0.1) is 18.6 Å². The number of ether oxygens (including phenoxy) is 2. The Kier molecular flexibility index (Phi) is 16.9. The number of carbonyl (C=O) groups is 1. The fourth-order valence-corrected chi connectivity index (χ4v) is 4.77. The van der Waals surface area contributed by atoms with Crippen LogP contribution < -0.4 is 0 Å². The third-order valence-electron chi connectivity index (χ3n) is 6.32. The first kappa shape index (κ1) is 27.4. The van der Waals surface area contributed by atoms with E-state index >= 15 is 0 Å². The predicted octanol–water partition coefficient (Wildman–Crippen LogP) is 7.42. The Morgan fingerprint density at radius 3 is 2.11 bits per heavy atom. The molecule has 0 N–H and O–H groups in total. The van der Waals surface area contributed by atoms with Crippen LogP contribution >= 0.6 is 0 Å². The molecule has 0 spiro atoms. The van der Waals surface area contributed by atoms with Gasteiger partial charge in [-0.3, -0.25) is 4.79 Å². The van der Waals surface area contributed by atoms with E-state index in [-0.39, 0.29) is 11.9 Å². The van der Waals surface area contributed by atoms with E-state index in [2.05, 4.69) is 6.92 Å². The topological polar surface area (TPSA) is 35.5 Å². The summed E-state index contributed by atoms with van der Waals surface area (Å²) in [6, 6.07) is 0. The first-order valence-electron chi connectivity index (χ1n) is 12.6. The summed E-state index contributed by atoms with van der Waals surface area (Å²) >= 11 is 0. The van der Waals surface area contributed by atoms with Crippen LogP contribution in [0.3, 0.4) is 0 Å². The number of rotatable bonds is 1. The van der Waals surface area contributed by atoms with Crippen molar-refractivity contribution in [3.05, 3.63) is 0 Å². The van der Waals surface area contributed by atoms with Crippen molar-refractivity contribution < 1.29 is 14.3 Å². The van der Waals surface area contributed by atoms with Crippen LogP contribution in [0.25, 0.3) is 0 Å². The molecule has 28 heavy (non-hydrogen) atoms. The largest absolute Gasteiger partial charge is 0.465 e. The van der Waals surface area contributed by atoms with E-state index in [1.54, 1.807) is 0 Å². The maximum atomic E-state index is 11.0. The summed E-state index contributed by atoms with van der Waals surface area (Å²) < 4.78 is 10.8. The van der Waals surface area contributed by atoms with Gasteiger partial charge in [-0.1, -0.05) is 74.1 Å². The van der Waals surface area contributed by atoms with E-state index in [0.717, 1.165) is 24.9 Å². The lowest BCUT2D eigenvalue weighted by molar-refractivity contribution is -0.141. The molecule has 2 aliphatic heterocycles. The average molecular weight is 399 g/mol. The predicted molar refractivity (Wildman–Crippen MR) is 121 cm³/mol. The molecule has 0 radical (unpaired) electrons. The molecule has 4 aliphatic rings. The van der Waals surface area contributed by atoms with Crippen molar-refractivity contribution >= 4 is 5.97 Å². The van der Waals surface area contributed by atoms with Crippen LogP contribution in [0, 0.1) is 23.7 Å². The minimum Gasteiger partial charge on any atom is -0.465 e. The Hall–Kier alpha value is -0.570. The van der Waals surface area contributed by atoms with E-state index in [1.807, 2.05) is 41.5 Å². The summed E-state index contributed by atoms with van der Waals surface area (Å²) in [5, 5.41) is 0. The summed E-state index contributed by atoms with van der Waals surface area (Å²) in [6.45, 7) is 16.0. The summed E-state index contributed by atoms with van der Waals surface area (Å²) in [7, 11) is 0. The normalized spacial score (nSPS) is 32.7. The Labute approximate surface area is 176 Å². The second-order valence-electron chi connectivity index (χ2n) is 7.68. The molecule has 3 heteroatoms. The van der Waals surface area contributed by atoms with E-state index < -0.39 is 0 Å². The fraction of sp³-hybridized carbons (Fsp3) is 0.960. The second-order valence-corrected chi connectivity index (χ2v) is 7.68. The molecule has 2 heterocycles. The SMILES string of the molecule is CC.CC.CC.CCC1CCC2CCCOC2C1.O=C1OCC2CCCCC12. The molecule has 5 atom stereocenters. The summed E-state index contributed by atoms with van der Waals surface area (Å²) in [5.74, 6) is 2.78. The van der Waals surface area contributed by atoms with Gasteiger partial charge in [0.25, 0.3) is 0 Å². The van der Waals surface area contributed by atoms with Gasteiger partial charge in [-0.25, -0.2) is 0 Å². The van der Waals surface area contributed by atoms with Crippen LogP contribution in [0.4, 0.5) is 0 Å². The molecule has 2 saturated carbocycles. The van der Waals surface area contributed by atoms with E-state index in [0.29, 0.717) is 18.6 Å². The maximum absolute atomic E-state index is 11.0. The van der Waals surface area contributed by atoms with E-state index in [1.165, 1.54) is 57.8 Å². The molecule has 2 saturated heterocycles. The number of carbonyl (C=O) groups excluding carboxylic acids is 1. The fourth-order valence-electron chi connectivity index (χ4n) is 4.77. The van der Waals surface area contributed by atoms with Gasteiger partial charge in [0.2, 0.25) is 0 Å². The highest BCUT2D eigenvalue weighted by Gasteiger charge is 2.38. The van der Waals surface area contributed by atoms with Crippen molar-refractivity contribution in [2.75, 3.05) is 13.2 Å². The van der Waals surface area contributed by atoms with Gasteiger partial charge in [0.1, 0.15) is 0 Å². The summed E-state index contributed by atoms with van der Waals surface area (Å²) in [5.41, 5.74) is 0. The zero-order valence-corrected chi connectivity index (χ0v) is 20.1. The number of cyclic esters (lactones) is 1. The van der Waals surface area contributed by atoms with Crippen molar-refractivity contribution in [2.45, 2.75) is 119 Å². The zero-order valence-electron chi connectivity index (χ0n) is 20.1. The minimum absolute atomic E-state index is 0.0599. The maximum Gasteiger partial charge on any atom is 0.309 e. The van der Waals surface area contributed by atoms with Gasteiger partial charge >= 0.3 is 5.97 Å². The molecular formula is C25H50O3. The van der Waals surface area contributed by atoms with Crippen molar-refractivity contribution in [1.29, 1.82) is 0 Å².